The number of hydrogen-bond donors (Lipinski definition) is 1. The first-order valence-corrected chi connectivity index (χ1v) is 7.39. The molecule has 7 heteroatoms. The predicted octanol–water partition coefficient (Wildman–Crippen LogP) is 0.395. The Morgan fingerprint density at radius 1 is 1.39 bits per heavy atom. The Hall–Kier alpha value is -0.920. The highest BCUT2D eigenvalue weighted by molar-refractivity contribution is 7.89. The molecule has 1 aromatic rings. The lowest BCUT2D eigenvalue weighted by Gasteiger charge is -2.25. The van der Waals surface area contributed by atoms with E-state index in [-0.39, 0.29) is 6.04 Å². The van der Waals surface area contributed by atoms with Crippen LogP contribution in [0.15, 0.2) is 4.90 Å². The van der Waals surface area contributed by atoms with Crippen LogP contribution in [-0.4, -0.2) is 41.6 Å². The van der Waals surface area contributed by atoms with Crippen LogP contribution >= 0.6 is 0 Å². The maximum atomic E-state index is 12.6. The van der Waals surface area contributed by atoms with E-state index in [0.717, 1.165) is 0 Å². The van der Waals surface area contributed by atoms with Crippen molar-refractivity contribution in [3.63, 3.8) is 0 Å². The Balaban J connectivity index is 3.35. The van der Waals surface area contributed by atoms with E-state index < -0.39 is 10.0 Å². The maximum absolute atomic E-state index is 12.6. The fraction of sp³-hybridized carbons (Fsp3) is 0.727. The topological polar surface area (TPSA) is 81.2 Å². The predicted molar refractivity (Wildman–Crippen MR) is 70.8 cm³/mol. The second-order valence-corrected chi connectivity index (χ2v) is 6.45. The summed E-state index contributed by atoms with van der Waals surface area (Å²) in [5.74, 6) is 0. The second-order valence-electron chi connectivity index (χ2n) is 4.62. The fourth-order valence-corrected chi connectivity index (χ4v) is 4.08. The van der Waals surface area contributed by atoms with Crippen LogP contribution in [0, 0.1) is 13.8 Å². The molecule has 0 amide bonds. The number of sulfonamides is 1. The first-order chi connectivity index (χ1) is 8.23. The summed E-state index contributed by atoms with van der Waals surface area (Å²) in [6.45, 7) is 7.76. The van der Waals surface area contributed by atoms with Gasteiger partial charge in [-0.05, 0) is 27.7 Å². The SMILES string of the molecule is Cc1nn(C)c(C)c1S(=O)(=O)N(CCN)C(C)C. The van der Waals surface area contributed by atoms with Gasteiger partial charge in [0.05, 0.1) is 11.4 Å². The molecule has 18 heavy (non-hydrogen) atoms. The van der Waals surface area contributed by atoms with E-state index in [1.54, 1.807) is 25.6 Å². The molecular formula is C11H22N4O2S. The van der Waals surface area contributed by atoms with E-state index >= 15 is 0 Å². The zero-order chi connectivity index (χ0) is 14.1. The normalized spacial score (nSPS) is 12.7. The third kappa shape index (κ3) is 2.57. The Kier molecular flexibility index (Phi) is 4.52. The quantitative estimate of drug-likeness (QED) is 0.842. The van der Waals surface area contributed by atoms with Crippen LogP contribution in [0.5, 0.6) is 0 Å². The molecule has 0 spiro atoms. The van der Waals surface area contributed by atoms with Crippen LogP contribution in [-0.2, 0) is 17.1 Å². The standard InChI is InChI=1S/C11H22N4O2S/c1-8(2)15(7-6-12)18(16,17)11-9(3)13-14(5)10(11)4/h8H,6-7,12H2,1-5H3. The average molecular weight is 274 g/mol. The van der Waals surface area contributed by atoms with Crippen molar-refractivity contribution in [3.05, 3.63) is 11.4 Å². The highest BCUT2D eigenvalue weighted by atomic mass is 32.2. The minimum atomic E-state index is -3.53. The second kappa shape index (κ2) is 5.38. The summed E-state index contributed by atoms with van der Waals surface area (Å²) in [5, 5.41) is 4.16. The molecule has 0 saturated carbocycles. The summed E-state index contributed by atoms with van der Waals surface area (Å²) in [6, 6.07) is -0.127. The molecule has 1 aromatic heterocycles. The van der Waals surface area contributed by atoms with Crippen molar-refractivity contribution in [1.29, 1.82) is 0 Å². The van der Waals surface area contributed by atoms with Gasteiger partial charge in [-0.1, -0.05) is 0 Å². The van der Waals surface area contributed by atoms with Gasteiger partial charge in [0.1, 0.15) is 4.90 Å². The van der Waals surface area contributed by atoms with Gasteiger partial charge in [0, 0.05) is 26.2 Å². The lowest BCUT2D eigenvalue weighted by atomic mass is 10.4. The van der Waals surface area contributed by atoms with Crippen LogP contribution in [0.25, 0.3) is 0 Å². The van der Waals surface area contributed by atoms with Crippen LogP contribution in [0.2, 0.25) is 0 Å². The summed E-state index contributed by atoms with van der Waals surface area (Å²) in [6.07, 6.45) is 0. The molecule has 0 aliphatic heterocycles. The first-order valence-electron chi connectivity index (χ1n) is 5.95. The Morgan fingerprint density at radius 2 is 1.94 bits per heavy atom. The van der Waals surface area contributed by atoms with E-state index in [1.807, 2.05) is 13.8 Å². The summed E-state index contributed by atoms with van der Waals surface area (Å²) in [4.78, 5) is 0.298. The van der Waals surface area contributed by atoms with Gasteiger partial charge in [0.25, 0.3) is 0 Å². The lowest BCUT2D eigenvalue weighted by molar-refractivity contribution is 0.361. The van der Waals surface area contributed by atoms with Crippen LogP contribution < -0.4 is 5.73 Å². The molecule has 1 rings (SSSR count). The zero-order valence-electron chi connectivity index (χ0n) is 11.6. The molecule has 0 aliphatic rings. The largest absolute Gasteiger partial charge is 0.329 e. The molecule has 0 aromatic carbocycles. The third-order valence-electron chi connectivity index (χ3n) is 2.93. The molecular weight excluding hydrogens is 252 g/mol. The van der Waals surface area contributed by atoms with Gasteiger partial charge >= 0.3 is 0 Å². The maximum Gasteiger partial charge on any atom is 0.247 e. The van der Waals surface area contributed by atoms with Gasteiger partial charge in [0.15, 0.2) is 0 Å². The first kappa shape index (κ1) is 15.1. The molecule has 0 atom stereocenters. The van der Waals surface area contributed by atoms with Gasteiger partial charge in [-0.25, -0.2) is 8.42 Å². The number of nitrogens with zero attached hydrogens (tertiary/aromatic N) is 3. The molecule has 0 radical (unpaired) electrons. The van der Waals surface area contributed by atoms with Gasteiger partial charge in [-0.3, -0.25) is 4.68 Å². The van der Waals surface area contributed by atoms with Crippen LogP contribution in [0.4, 0.5) is 0 Å². The van der Waals surface area contributed by atoms with Crippen molar-refractivity contribution >= 4 is 10.0 Å². The Morgan fingerprint density at radius 3 is 2.28 bits per heavy atom. The minimum absolute atomic E-state index is 0.127. The monoisotopic (exact) mass is 274 g/mol. The molecule has 0 bridgehead atoms. The van der Waals surface area contributed by atoms with Crippen molar-refractivity contribution in [2.75, 3.05) is 13.1 Å². The highest BCUT2D eigenvalue weighted by Crippen LogP contribution is 2.24. The van der Waals surface area contributed by atoms with E-state index in [0.29, 0.717) is 29.4 Å². The van der Waals surface area contributed by atoms with Gasteiger partial charge in [0.2, 0.25) is 10.0 Å². The van der Waals surface area contributed by atoms with Crippen molar-refractivity contribution in [2.45, 2.75) is 38.6 Å². The van der Waals surface area contributed by atoms with Gasteiger partial charge in [-0.15, -0.1) is 0 Å². The molecule has 2 N–H and O–H groups in total. The fourth-order valence-electron chi connectivity index (χ4n) is 2.03. The number of aromatic nitrogens is 2. The van der Waals surface area contributed by atoms with Crippen molar-refractivity contribution in [2.24, 2.45) is 12.8 Å². The minimum Gasteiger partial charge on any atom is -0.329 e. The number of hydrogen-bond acceptors (Lipinski definition) is 4. The van der Waals surface area contributed by atoms with Crippen LogP contribution in [0.1, 0.15) is 25.2 Å². The van der Waals surface area contributed by atoms with Gasteiger partial charge < -0.3 is 5.73 Å². The summed E-state index contributed by atoms with van der Waals surface area (Å²) in [5.41, 5.74) is 6.67. The molecule has 1 heterocycles. The third-order valence-corrected chi connectivity index (χ3v) is 5.26. The van der Waals surface area contributed by atoms with E-state index in [2.05, 4.69) is 5.10 Å². The van der Waals surface area contributed by atoms with Crippen molar-refractivity contribution in [1.82, 2.24) is 14.1 Å². The Labute approximate surface area is 109 Å². The number of aryl methyl sites for hydroxylation is 2. The molecule has 0 unspecified atom stereocenters. The van der Waals surface area contributed by atoms with Gasteiger partial charge in [-0.2, -0.15) is 9.40 Å². The molecule has 6 nitrogen and oxygen atoms in total. The summed E-state index contributed by atoms with van der Waals surface area (Å²) < 4.78 is 28.3. The van der Waals surface area contributed by atoms with Crippen molar-refractivity contribution < 1.29 is 8.42 Å². The number of nitrogens with two attached hydrogens (primary N) is 1. The Bertz CT molecular complexity index is 519. The summed E-state index contributed by atoms with van der Waals surface area (Å²) in [7, 11) is -1.79. The van der Waals surface area contributed by atoms with E-state index in [1.165, 1.54) is 4.31 Å². The molecule has 0 fully saturated rings. The summed E-state index contributed by atoms with van der Waals surface area (Å²) >= 11 is 0. The molecule has 104 valence electrons. The zero-order valence-corrected chi connectivity index (χ0v) is 12.5. The lowest BCUT2D eigenvalue weighted by Crippen LogP contribution is -2.40. The number of rotatable bonds is 5. The average Bonchev–Trinajstić information content (AvgIpc) is 2.49. The molecule has 0 saturated heterocycles. The van der Waals surface area contributed by atoms with Crippen LogP contribution in [0.3, 0.4) is 0 Å². The highest BCUT2D eigenvalue weighted by Gasteiger charge is 2.31. The smallest absolute Gasteiger partial charge is 0.247 e. The van der Waals surface area contributed by atoms with E-state index in [9.17, 15) is 8.42 Å². The molecule has 0 aliphatic carbocycles. The van der Waals surface area contributed by atoms with Crippen molar-refractivity contribution in [3.8, 4) is 0 Å². The van der Waals surface area contributed by atoms with E-state index in [4.69, 9.17) is 5.73 Å².